The number of rotatable bonds is 8. The van der Waals surface area contributed by atoms with Gasteiger partial charge in [0.1, 0.15) is 24.0 Å². The van der Waals surface area contributed by atoms with Crippen molar-refractivity contribution < 1.29 is 23.8 Å². The molecule has 3 aromatic rings. The van der Waals surface area contributed by atoms with Crippen LogP contribution in [0, 0.1) is 0 Å². The highest BCUT2D eigenvalue weighted by Crippen LogP contribution is 2.44. The van der Waals surface area contributed by atoms with Crippen LogP contribution >= 0.6 is 0 Å². The van der Waals surface area contributed by atoms with Crippen molar-refractivity contribution in [3.8, 4) is 16.9 Å². The zero-order valence-corrected chi connectivity index (χ0v) is 21.2. The summed E-state index contributed by atoms with van der Waals surface area (Å²) >= 11 is 0. The zero-order valence-electron chi connectivity index (χ0n) is 21.2. The number of alkyl carbamates (subject to hydrolysis) is 1. The molecule has 0 aromatic heterocycles. The van der Waals surface area contributed by atoms with Crippen LogP contribution in [0.5, 0.6) is 5.75 Å². The van der Waals surface area contributed by atoms with E-state index in [1.165, 1.54) is 0 Å². The summed E-state index contributed by atoms with van der Waals surface area (Å²) in [5, 5.41) is 2.74. The summed E-state index contributed by atoms with van der Waals surface area (Å²) in [5.41, 5.74) is 4.95. The molecule has 1 unspecified atom stereocenters. The molecule has 6 heteroatoms. The fraction of sp³-hybridized carbons (Fsp3) is 0.333. The molecule has 36 heavy (non-hydrogen) atoms. The van der Waals surface area contributed by atoms with Crippen LogP contribution in [-0.2, 0) is 20.7 Å². The quantitative estimate of drug-likeness (QED) is 0.402. The highest BCUT2D eigenvalue weighted by molar-refractivity contribution is 5.82. The van der Waals surface area contributed by atoms with Gasteiger partial charge in [-0.15, -0.1) is 0 Å². The zero-order chi connectivity index (χ0) is 25.7. The second-order valence-corrected chi connectivity index (χ2v) is 9.94. The third-order valence-electron chi connectivity index (χ3n) is 6.21. The lowest BCUT2D eigenvalue weighted by Crippen LogP contribution is -2.45. The van der Waals surface area contributed by atoms with Crippen molar-refractivity contribution in [2.45, 2.75) is 51.2 Å². The third-order valence-corrected chi connectivity index (χ3v) is 6.21. The van der Waals surface area contributed by atoms with Crippen molar-refractivity contribution in [3.05, 3.63) is 89.5 Å². The van der Waals surface area contributed by atoms with Crippen molar-refractivity contribution in [1.29, 1.82) is 0 Å². The molecule has 0 spiro atoms. The molecule has 1 N–H and O–H groups in total. The molecule has 6 nitrogen and oxygen atoms in total. The van der Waals surface area contributed by atoms with Gasteiger partial charge in [0.25, 0.3) is 0 Å². The van der Waals surface area contributed by atoms with Gasteiger partial charge in [0.05, 0.1) is 7.11 Å². The number of carbonyl (C=O) groups is 2. The molecule has 1 atom stereocenters. The van der Waals surface area contributed by atoms with Gasteiger partial charge in [-0.1, -0.05) is 60.7 Å². The lowest BCUT2D eigenvalue weighted by molar-refractivity contribution is -0.157. The van der Waals surface area contributed by atoms with Gasteiger partial charge in [-0.2, -0.15) is 0 Å². The average molecular weight is 488 g/mol. The van der Waals surface area contributed by atoms with Gasteiger partial charge in [0.2, 0.25) is 0 Å². The number of hydrogen-bond acceptors (Lipinski definition) is 5. The maximum Gasteiger partial charge on any atom is 0.407 e. The smallest absolute Gasteiger partial charge is 0.407 e. The Morgan fingerprint density at radius 3 is 2.03 bits per heavy atom. The number of nitrogens with one attached hydrogen (secondary N) is 1. The van der Waals surface area contributed by atoms with Crippen LogP contribution in [0.25, 0.3) is 11.1 Å². The Balaban J connectivity index is 1.42. The molecule has 0 bridgehead atoms. The summed E-state index contributed by atoms with van der Waals surface area (Å²) in [6.45, 7) is 5.59. The van der Waals surface area contributed by atoms with Gasteiger partial charge in [0, 0.05) is 5.92 Å². The number of aryl methyl sites for hydroxylation is 1. The Bertz CT molecular complexity index is 1170. The minimum Gasteiger partial charge on any atom is -0.497 e. The average Bonchev–Trinajstić information content (AvgIpc) is 3.18. The Hall–Kier alpha value is -3.80. The first kappa shape index (κ1) is 25.3. The van der Waals surface area contributed by atoms with Gasteiger partial charge in [0.15, 0.2) is 0 Å². The van der Waals surface area contributed by atoms with Crippen LogP contribution in [0.2, 0.25) is 0 Å². The molecule has 1 aliphatic carbocycles. The van der Waals surface area contributed by atoms with Crippen molar-refractivity contribution in [1.82, 2.24) is 5.32 Å². The summed E-state index contributed by atoms with van der Waals surface area (Å²) in [7, 11) is 1.62. The number of carbonyl (C=O) groups excluding carboxylic acids is 2. The number of hydrogen-bond donors (Lipinski definition) is 1. The molecule has 4 rings (SSSR count). The summed E-state index contributed by atoms with van der Waals surface area (Å²) in [5.74, 6) is 0.228. The Morgan fingerprint density at radius 1 is 0.889 bits per heavy atom. The van der Waals surface area contributed by atoms with Gasteiger partial charge in [-0.05, 0) is 73.6 Å². The Morgan fingerprint density at radius 2 is 1.47 bits per heavy atom. The minimum absolute atomic E-state index is 0.0533. The molecule has 0 aliphatic heterocycles. The van der Waals surface area contributed by atoms with Gasteiger partial charge in [-0.25, -0.2) is 9.59 Å². The molecule has 3 aromatic carbocycles. The first-order valence-corrected chi connectivity index (χ1v) is 12.2. The number of ether oxygens (including phenoxy) is 3. The largest absolute Gasteiger partial charge is 0.497 e. The molecule has 0 saturated carbocycles. The highest BCUT2D eigenvalue weighted by Gasteiger charge is 2.31. The van der Waals surface area contributed by atoms with E-state index < -0.39 is 23.7 Å². The maximum atomic E-state index is 12.9. The van der Waals surface area contributed by atoms with Crippen molar-refractivity contribution >= 4 is 12.1 Å². The van der Waals surface area contributed by atoms with E-state index in [9.17, 15) is 9.59 Å². The van der Waals surface area contributed by atoms with Gasteiger partial charge in [-0.3, -0.25) is 0 Å². The number of esters is 1. The highest BCUT2D eigenvalue weighted by atomic mass is 16.6. The van der Waals surface area contributed by atoms with E-state index in [1.807, 2.05) is 48.5 Å². The van der Waals surface area contributed by atoms with E-state index in [0.717, 1.165) is 33.6 Å². The SMILES string of the molecule is COc1ccc(CCC(NC(=O)OCC2c3ccccc3-c3ccccc32)C(=O)OC(C)(C)C)cc1. The first-order chi connectivity index (χ1) is 17.2. The molecule has 188 valence electrons. The predicted molar refractivity (Wildman–Crippen MR) is 139 cm³/mol. The summed E-state index contributed by atoms with van der Waals surface area (Å²) in [6, 6.07) is 23.1. The Kier molecular flexibility index (Phi) is 7.63. The molecule has 1 aliphatic rings. The summed E-state index contributed by atoms with van der Waals surface area (Å²) < 4.78 is 16.4. The molecule has 0 fully saturated rings. The Labute approximate surface area is 212 Å². The summed E-state index contributed by atoms with van der Waals surface area (Å²) in [6.07, 6.45) is 0.325. The molecule has 0 saturated heterocycles. The summed E-state index contributed by atoms with van der Waals surface area (Å²) in [4.78, 5) is 25.7. The number of amides is 1. The van der Waals surface area contributed by atoms with Crippen LogP contribution in [0.15, 0.2) is 72.8 Å². The molecular weight excluding hydrogens is 454 g/mol. The second-order valence-electron chi connectivity index (χ2n) is 9.94. The first-order valence-electron chi connectivity index (χ1n) is 12.2. The van der Waals surface area contributed by atoms with E-state index in [1.54, 1.807) is 27.9 Å². The van der Waals surface area contributed by atoms with Crippen molar-refractivity contribution in [2.75, 3.05) is 13.7 Å². The lowest BCUT2D eigenvalue weighted by atomic mass is 9.98. The molecular formula is C30H33NO5. The maximum absolute atomic E-state index is 12.9. The van der Waals surface area contributed by atoms with Crippen molar-refractivity contribution in [2.24, 2.45) is 0 Å². The predicted octanol–water partition coefficient (Wildman–Crippen LogP) is 5.88. The minimum atomic E-state index is -0.832. The standard InChI is InChI=1S/C30H33NO5/c1-30(2,3)36-28(32)27(18-15-20-13-16-21(34-4)17-14-20)31-29(33)35-19-26-24-11-7-5-9-22(24)23-10-6-8-12-25(23)26/h5-14,16-17,26-27H,15,18-19H2,1-4H3,(H,31,33). The topological polar surface area (TPSA) is 73.9 Å². The van der Waals surface area contributed by atoms with Crippen LogP contribution in [0.1, 0.15) is 49.8 Å². The van der Waals surface area contributed by atoms with Crippen LogP contribution in [0.4, 0.5) is 4.79 Å². The lowest BCUT2D eigenvalue weighted by Gasteiger charge is -2.25. The number of fused-ring (bicyclic) bond motifs is 3. The molecule has 0 heterocycles. The molecule has 0 radical (unpaired) electrons. The van der Waals surface area contributed by atoms with E-state index in [4.69, 9.17) is 14.2 Å². The number of benzene rings is 3. The molecule has 1 amide bonds. The van der Waals surface area contributed by atoms with E-state index in [-0.39, 0.29) is 12.5 Å². The van der Waals surface area contributed by atoms with E-state index in [2.05, 4.69) is 29.6 Å². The van der Waals surface area contributed by atoms with Crippen LogP contribution < -0.4 is 10.1 Å². The van der Waals surface area contributed by atoms with Crippen molar-refractivity contribution in [3.63, 3.8) is 0 Å². The van der Waals surface area contributed by atoms with E-state index in [0.29, 0.717) is 12.8 Å². The second kappa shape index (κ2) is 10.9. The fourth-order valence-electron chi connectivity index (χ4n) is 4.51. The monoisotopic (exact) mass is 487 g/mol. The third kappa shape index (κ3) is 6.06. The van der Waals surface area contributed by atoms with Crippen LogP contribution in [0.3, 0.4) is 0 Å². The van der Waals surface area contributed by atoms with Crippen LogP contribution in [-0.4, -0.2) is 37.4 Å². The normalized spacial score (nSPS) is 13.3. The number of methoxy groups -OCH3 is 1. The van der Waals surface area contributed by atoms with Gasteiger partial charge >= 0.3 is 12.1 Å². The van der Waals surface area contributed by atoms with Gasteiger partial charge < -0.3 is 19.5 Å². The van der Waals surface area contributed by atoms with E-state index >= 15 is 0 Å². The fourth-order valence-corrected chi connectivity index (χ4v) is 4.51.